The van der Waals surface area contributed by atoms with Crippen LogP contribution in [0.15, 0.2) is 10.5 Å². The number of likely N-dealkylation sites (N-methyl/N-ethyl adjacent to an activating group) is 1. The van der Waals surface area contributed by atoms with Crippen molar-refractivity contribution in [2.45, 2.75) is 40.3 Å². The second-order valence-electron chi connectivity index (χ2n) is 4.80. The van der Waals surface area contributed by atoms with E-state index in [1.165, 1.54) is 0 Å². The lowest BCUT2D eigenvalue weighted by molar-refractivity contribution is 0.0659. The number of furan rings is 1. The predicted octanol–water partition coefficient (Wildman–Crippen LogP) is 2.11. The largest absolute Gasteiger partial charge is 0.475 e. The van der Waals surface area contributed by atoms with E-state index >= 15 is 0 Å². The highest BCUT2D eigenvalue weighted by molar-refractivity contribution is 5.86. The number of nitrogens with zero attached hydrogens (tertiary/aromatic N) is 1. The van der Waals surface area contributed by atoms with Gasteiger partial charge in [0.25, 0.3) is 0 Å². The van der Waals surface area contributed by atoms with Gasteiger partial charge in [0, 0.05) is 18.2 Å². The Morgan fingerprint density at radius 1 is 1.47 bits per heavy atom. The number of aromatic carboxylic acids is 1. The molecule has 0 bridgehead atoms. The maximum absolute atomic E-state index is 10.9. The molecule has 1 aromatic rings. The van der Waals surface area contributed by atoms with E-state index in [0.717, 1.165) is 19.6 Å². The van der Waals surface area contributed by atoms with Crippen molar-refractivity contribution in [3.63, 3.8) is 0 Å². The fourth-order valence-electron chi connectivity index (χ4n) is 2.06. The summed E-state index contributed by atoms with van der Waals surface area (Å²) in [6, 6.07) is 2.11. The maximum Gasteiger partial charge on any atom is 0.372 e. The number of rotatable bonds is 8. The van der Waals surface area contributed by atoms with Gasteiger partial charge >= 0.3 is 5.97 Å². The molecule has 1 rings (SSSR count). The van der Waals surface area contributed by atoms with Crippen LogP contribution >= 0.6 is 0 Å². The summed E-state index contributed by atoms with van der Waals surface area (Å²) in [5, 5.41) is 12.3. The zero-order chi connectivity index (χ0) is 14.4. The Labute approximate surface area is 114 Å². The number of carbonyl (C=O) groups is 1. The first kappa shape index (κ1) is 15.7. The Hall–Kier alpha value is -1.33. The first-order valence-corrected chi connectivity index (χ1v) is 6.76. The predicted molar refractivity (Wildman–Crippen MR) is 74.5 cm³/mol. The summed E-state index contributed by atoms with van der Waals surface area (Å²) in [6.07, 6.45) is 0. The van der Waals surface area contributed by atoms with Gasteiger partial charge in [-0.25, -0.2) is 4.79 Å². The molecule has 5 heteroatoms. The number of carboxylic acid groups (broad SMARTS) is 1. The lowest BCUT2D eigenvalue weighted by Crippen LogP contribution is -2.38. The molecule has 1 unspecified atom stereocenters. The molecule has 19 heavy (non-hydrogen) atoms. The molecule has 0 aliphatic rings. The topological polar surface area (TPSA) is 65.7 Å². The molecule has 0 aromatic carbocycles. The Balaban J connectivity index is 2.48. The van der Waals surface area contributed by atoms with Crippen molar-refractivity contribution >= 4 is 5.97 Å². The van der Waals surface area contributed by atoms with Crippen LogP contribution in [0.3, 0.4) is 0 Å². The second kappa shape index (κ2) is 7.31. The fourth-order valence-corrected chi connectivity index (χ4v) is 2.06. The highest BCUT2D eigenvalue weighted by atomic mass is 16.4. The maximum atomic E-state index is 10.9. The summed E-state index contributed by atoms with van der Waals surface area (Å²) < 4.78 is 5.31. The third-order valence-electron chi connectivity index (χ3n) is 3.21. The molecular formula is C14H24N2O3. The average Bonchev–Trinajstić information content (AvgIpc) is 2.75. The summed E-state index contributed by atoms with van der Waals surface area (Å²) >= 11 is 0. The molecule has 1 aromatic heterocycles. The van der Waals surface area contributed by atoms with Crippen molar-refractivity contribution < 1.29 is 14.3 Å². The van der Waals surface area contributed by atoms with E-state index in [0.29, 0.717) is 23.9 Å². The van der Waals surface area contributed by atoms with Crippen LogP contribution in [0, 0.1) is 6.92 Å². The van der Waals surface area contributed by atoms with Crippen LogP contribution in [0.2, 0.25) is 0 Å². The SMILES string of the molecule is CCN(CC)CC(C)NCc1cc(C)c(C(=O)O)o1. The molecule has 0 saturated carbocycles. The first-order chi connectivity index (χ1) is 8.97. The minimum Gasteiger partial charge on any atom is -0.475 e. The Kier molecular flexibility index (Phi) is 6.05. The van der Waals surface area contributed by atoms with Gasteiger partial charge in [0.1, 0.15) is 5.76 Å². The van der Waals surface area contributed by atoms with E-state index in [9.17, 15) is 4.79 Å². The van der Waals surface area contributed by atoms with Crippen LogP contribution in [0.25, 0.3) is 0 Å². The average molecular weight is 268 g/mol. The van der Waals surface area contributed by atoms with Crippen molar-refractivity contribution in [1.29, 1.82) is 0 Å². The Morgan fingerprint density at radius 2 is 2.11 bits per heavy atom. The van der Waals surface area contributed by atoms with Gasteiger partial charge in [0.2, 0.25) is 5.76 Å². The molecule has 1 heterocycles. The van der Waals surface area contributed by atoms with E-state index in [2.05, 4.69) is 31.0 Å². The quantitative estimate of drug-likeness (QED) is 0.756. The minimum atomic E-state index is -1.01. The number of aryl methyl sites for hydroxylation is 1. The van der Waals surface area contributed by atoms with E-state index in [4.69, 9.17) is 9.52 Å². The Bertz CT molecular complexity index is 411. The van der Waals surface area contributed by atoms with Crippen LogP contribution in [0.5, 0.6) is 0 Å². The van der Waals surface area contributed by atoms with Crippen molar-refractivity contribution in [2.24, 2.45) is 0 Å². The summed E-state index contributed by atoms with van der Waals surface area (Å²) in [4.78, 5) is 13.2. The van der Waals surface area contributed by atoms with Gasteiger partial charge < -0.3 is 19.7 Å². The second-order valence-corrected chi connectivity index (χ2v) is 4.80. The molecule has 0 aliphatic heterocycles. The molecule has 0 radical (unpaired) electrons. The zero-order valence-corrected chi connectivity index (χ0v) is 12.2. The highest BCUT2D eigenvalue weighted by Gasteiger charge is 2.14. The van der Waals surface area contributed by atoms with Gasteiger partial charge in [-0.15, -0.1) is 0 Å². The van der Waals surface area contributed by atoms with Crippen molar-refractivity contribution in [3.05, 3.63) is 23.2 Å². The van der Waals surface area contributed by atoms with Gasteiger partial charge in [-0.05, 0) is 33.0 Å². The summed E-state index contributed by atoms with van der Waals surface area (Å²) in [5.41, 5.74) is 0.667. The Morgan fingerprint density at radius 3 is 2.58 bits per heavy atom. The van der Waals surface area contributed by atoms with E-state index in [1.807, 2.05) is 0 Å². The standard InChI is InChI=1S/C14H24N2O3/c1-5-16(6-2)9-11(4)15-8-12-7-10(3)13(19-12)14(17)18/h7,11,15H,5-6,8-9H2,1-4H3,(H,17,18). The molecule has 0 aliphatic carbocycles. The lowest BCUT2D eigenvalue weighted by atomic mass is 10.2. The molecule has 0 saturated heterocycles. The number of hydrogen-bond donors (Lipinski definition) is 2. The van der Waals surface area contributed by atoms with Gasteiger partial charge in [0.05, 0.1) is 6.54 Å². The normalized spacial score (nSPS) is 12.9. The first-order valence-electron chi connectivity index (χ1n) is 6.76. The third-order valence-corrected chi connectivity index (χ3v) is 3.21. The number of carboxylic acids is 1. The number of hydrogen-bond acceptors (Lipinski definition) is 4. The van der Waals surface area contributed by atoms with Crippen LogP contribution in [0.4, 0.5) is 0 Å². The van der Waals surface area contributed by atoms with Crippen molar-refractivity contribution in [3.8, 4) is 0 Å². The van der Waals surface area contributed by atoms with E-state index in [1.54, 1.807) is 13.0 Å². The van der Waals surface area contributed by atoms with Crippen LogP contribution in [-0.2, 0) is 6.54 Å². The zero-order valence-electron chi connectivity index (χ0n) is 12.2. The third kappa shape index (κ3) is 4.69. The molecule has 1 atom stereocenters. The summed E-state index contributed by atoms with van der Waals surface area (Å²) in [6.45, 7) is 11.7. The minimum absolute atomic E-state index is 0.0354. The summed E-state index contributed by atoms with van der Waals surface area (Å²) in [5.74, 6) is -0.311. The van der Waals surface area contributed by atoms with Crippen LogP contribution in [0.1, 0.15) is 42.6 Å². The molecule has 5 nitrogen and oxygen atoms in total. The molecule has 108 valence electrons. The van der Waals surface area contributed by atoms with Gasteiger partial charge in [-0.2, -0.15) is 0 Å². The molecule has 0 fully saturated rings. The van der Waals surface area contributed by atoms with Crippen molar-refractivity contribution in [1.82, 2.24) is 10.2 Å². The molecule has 0 spiro atoms. The van der Waals surface area contributed by atoms with Crippen molar-refractivity contribution in [2.75, 3.05) is 19.6 Å². The van der Waals surface area contributed by atoms with Gasteiger partial charge in [-0.1, -0.05) is 13.8 Å². The monoisotopic (exact) mass is 268 g/mol. The fraction of sp³-hybridized carbons (Fsp3) is 0.643. The van der Waals surface area contributed by atoms with Gasteiger partial charge in [-0.3, -0.25) is 0 Å². The van der Waals surface area contributed by atoms with Gasteiger partial charge in [0.15, 0.2) is 0 Å². The highest BCUT2D eigenvalue weighted by Crippen LogP contribution is 2.14. The van der Waals surface area contributed by atoms with E-state index in [-0.39, 0.29) is 5.76 Å². The molecular weight excluding hydrogens is 244 g/mol. The van der Waals surface area contributed by atoms with E-state index < -0.39 is 5.97 Å². The number of nitrogens with one attached hydrogen (secondary N) is 1. The summed E-state index contributed by atoms with van der Waals surface area (Å²) in [7, 11) is 0. The smallest absolute Gasteiger partial charge is 0.372 e. The van der Waals surface area contributed by atoms with Crippen LogP contribution < -0.4 is 5.32 Å². The lowest BCUT2D eigenvalue weighted by Gasteiger charge is -2.23. The molecule has 2 N–H and O–H groups in total. The molecule has 0 amide bonds. The van der Waals surface area contributed by atoms with Crippen LogP contribution in [-0.4, -0.2) is 41.7 Å².